The summed E-state index contributed by atoms with van der Waals surface area (Å²) in [5, 5.41) is 3.67. The average molecular weight is 434 g/mol. The van der Waals surface area contributed by atoms with Crippen LogP contribution >= 0.6 is 0 Å². The second-order valence-corrected chi connectivity index (χ2v) is 8.48. The Morgan fingerprint density at radius 3 is 2.15 bits per heavy atom. The summed E-state index contributed by atoms with van der Waals surface area (Å²) in [4.78, 5) is 13.3. The summed E-state index contributed by atoms with van der Waals surface area (Å²) in [6.45, 7) is 4.20. The number of carbonyl (C=O) groups excluding carboxylic acids is 1. The van der Waals surface area contributed by atoms with Crippen LogP contribution < -0.4 is 10.1 Å². The van der Waals surface area contributed by atoms with Gasteiger partial charge in [0.1, 0.15) is 11.5 Å². The van der Waals surface area contributed by atoms with E-state index < -0.39 is 5.60 Å². The van der Waals surface area contributed by atoms with Crippen LogP contribution in [-0.4, -0.2) is 5.97 Å². The highest BCUT2D eigenvalue weighted by molar-refractivity contribution is 6.00. The molecule has 0 fully saturated rings. The monoisotopic (exact) mass is 433 g/mol. The molecule has 4 aromatic carbocycles. The molecule has 0 amide bonds. The van der Waals surface area contributed by atoms with E-state index in [-0.39, 0.29) is 5.97 Å². The Morgan fingerprint density at radius 2 is 1.45 bits per heavy atom. The summed E-state index contributed by atoms with van der Waals surface area (Å²) in [5.74, 6) is 1.06. The van der Waals surface area contributed by atoms with Crippen molar-refractivity contribution >= 4 is 17.3 Å². The normalized spacial score (nSPS) is 14.7. The topological polar surface area (TPSA) is 47.6 Å². The van der Waals surface area contributed by atoms with E-state index in [2.05, 4.69) is 31.3 Å². The highest BCUT2D eigenvalue weighted by Crippen LogP contribution is 2.58. The predicted molar refractivity (Wildman–Crippen MR) is 129 cm³/mol. The van der Waals surface area contributed by atoms with Crippen LogP contribution in [-0.2, 0) is 16.8 Å². The van der Waals surface area contributed by atoms with Crippen molar-refractivity contribution in [1.82, 2.24) is 0 Å². The van der Waals surface area contributed by atoms with E-state index in [1.807, 2.05) is 72.8 Å². The summed E-state index contributed by atoms with van der Waals surface area (Å²) >= 11 is 0. The third-order valence-electron chi connectivity index (χ3n) is 6.64. The van der Waals surface area contributed by atoms with Gasteiger partial charge in [-0.3, -0.25) is 0 Å². The number of hydrogen-bond acceptors (Lipinski definition) is 4. The number of hydrogen-bond donors (Lipinski definition) is 1. The number of carbonyl (C=O) groups is 1. The average Bonchev–Trinajstić information content (AvgIpc) is 3.14. The molecule has 0 unspecified atom stereocenters. The molecular weight excluding hydrogens is 410 g/mol. The molecule has 4 heteroatoms. The van der Waals surface area contributed by atoms with E-state index in [1.165, 1.54) is 5.56 Å². The standard InChI is InChI=1S/C29H23NO3/c1-3-19-10-4-7-13-23(19)30-27-18(2)16-17-20-26(27)29(33-28(20)31)21-11-5-8-14-24(21)32-25-15-9-6-12-22(25)29/h4-17,30H,3H2,1-2H3. The molecule has 0 aliphatic carbocycles. The fourth-order valence-electron chi connectivity index (χ4n) is 5.07. The fraction of sp³-hybridized carbons (Fsp3) is 0.138. The van der Waals surface area contributed by atoms with E-state index in [9.17, 15) is 4.79 Å². The molecule has 2 aliphatic rings. The number of ether oxygens (including phenoxy) is 2. The van der Waals surface area contributed by atoms with Crippen LogP contribution in [0.15, 0.2) is 84.9 Å². The first kappa shape index (κ1) is 19.6. The minimum Gasteiger partial charge on any atom is -0.456 e. The highest BCUT2D eigenvalue weighted by Gasteiger charge is 2.55. The summed E-state index contributed by atoms with van der Waals surface area (Å²) in [6.07, 6.45) is 0.900. The molecule has 6 rings (SSSR count). The van der Waals surface area contributed by atoms with Gasteiger partial charge in [0, 0.05) is 22.4 Å². The molecule has 0 radical (unpaired) electrons. The van der Waals surface area contributed by atoms with Crippen LogP contribution in [0.3, 0.4) is 0 Å². The quantitative estimate of drug-likeness (QED) is 0.358. The van der Waals surface area contributed by atoms with Crippen molar-refractivity contribution in [3.8, 4) is 11.5 Å². The van der Waals surface area contributed by atoms with Crippen molar-refractivity contribution in [3.63, 3.8) is 0 Å². The van der Waals surface area contributed by atoms with E-state index >= 15 is 0 Å². The minimum atomic E-state index is -1.09. The van der Waals surface area contributed by atoms with Gasteiger partial charge in [-0.05, 0) is 48.7 Å². The lowest BCUT2D eigenvalue weighted by Gasteiger charge is -2.37. The van der Waals surface area contributed by atoms with E-state index in [0.29, 0.717) is 17.1 Å². The van der Waals surface area contributed by atoms with Gasteiger partial charge in [0.2, 0.25) is 0 Å². The number of nitrogens with one attached hydrogen (secondary N) is 1. The van der Waals surface area contributed by atoms with Gasteiger partial charge in [0.15, 0.2) is 5.60 Å². The zero-order chi connectivity index (χ0) is 22.6. The van der Waals surface area contributed by atoms with Gasteiger partial charge < -0.3 is 14.8 Å². The Kier molecular flexibility index (Phi) is 4.31. The lowest BCUT2D eigenvalue weighted by molar-refractivity contribution is 0.0226. The minimum absolute atomic E-state index is 0.330. The number of aryl methyl sites for hydroxylation is 2. The molecule has 33 heavy (non-hydrogen) atoms. The molecule has 4 aromatic rings. The Hall–Kier alpha value is -4.05. The molecule has 2 aliphatic heterocycles. The number of benzene rings is 4. The fourth-order valence-corrected chi connectivity index (χ4v) is 5.07. The maximum atomic E-state index is 13.3. The Bertz CT molecular complexity index is 1380. The third-order valence-corrected chi connectivity index (χ3v) is 6.64. The molecule has 0 saturated heterocycles. The largest absolute Gasteiger partial charge is 0.456 e. The summed E-state index contributed by atoms with van der Waals surface area (Å²) < 4.78 is 12.6. The molecule has 0 saturated carbocycles. The van der Waals surface area contributed by atoms with E-state index in [0.717, 1.165) is 40.0 Å². The van der Waals surface area contributed by atoms with Crippen molar-refractivity contribution < 1.29 is 14.3 Å². The van der Waals surface area contributed by atoms with Crippen LogP contribution in [0.1, 0.15) is 45.1 Å². The first-order valence-corrected chi connectivity index (χ1v) is 11.2. The molecule has 0 atom stereocenters. The molecule has 0 bridgehead atoms. The molecule has 162 valence electrons. The lowest BCUT2D eigenvalue weighted by atomic mass is 9.76. The van der Waals surface area contributed by atoms with Gasteiger partial charge >= 0.3 is 5.97 Å². The first-order valence-electron chi connectivity index (χ1n) is 11.2. The maximum Gasteiger partial charge on any atom is 0.340 e. The Balaban J connectivity index is 1.68. The molecule has 1 N–H and O–H groups in total. The van der Waals surface area contributed by atoms with Crippen molar-refractivity contribution in [2.45, 2.75) is 25.9 Å². The van der Waals surface area contributed by atoms with Crippen LogP contribution in [0, 0.1) is 6.92 Å². The Labute approximate surface area is 192 Å². The summed E-state index contributed by atoms with van der Waals surface area (Å²) in [7, 11) is 0. The third kappa shape index (κ3) is 2.74. The molecular formula is C29H23NO3. The number of fused-ring (bicyclic) bond motifs is 6. The van der Waals surface area contributed by atoms with Crippen LogP contribution in [0.2, 0.25) is 0 Å². The zero-order valence-corrected chi connectivity index (χ0v) is 18.5. The van der Waals surface area contributed by atoms with Crippen molar-refractivity contribution in [1.29, 1.82) is 0 Å². The van der Waals surface area contributed by atoms with Gasteiger partial charge in [-0.2, -0.15) is 0 Å². The van der Waals surface area contributed by atoms with Crippen LogP contribution in [0.4, 0.5) is 11.4 Å². The summed E-state index contributed by atoms with van der Waals surface area (Å²) in [6, 6.07) is 27.7. The van der Waals surface area contributed by atoms with Gasteiger partial charge in [-0.15, -0.1) is 0 Å². The number of esters is 1. The number of anilines is 2. The zero-order valence-electron chi connectivity index (χ0n) is 18.5. The summed E-state index contributed by atoms with van der Waals surface area (Å²) in [5.41, 5.74) is 6.14. The van der Waals surface area contributed by atoms with Crippen LogP contribution in [0.5, 0.6) is 11.5 Å². The van der Waals surface area contributed by atoms with Gasteiger partial charge in [-0.25, -0.2) is 4.79 Å². The molecule has 4 nitrogen and oxygen atoms in total. The van der Waals surface area contributed by atoms with E-state index in [4.69, 9.17) is 9.47 Å². The van der Waals surface area contributed by atoms with Gasteiger partial charge in [0.05, 0.1) is 11.3 Å². The van der Waals surface area contributed by atoms with Crippen molar-refractivity contribution in [2.24, 2.45) is 0 Å². The van der Waals surface area contributed by atoms with Crippen molar-refractivity contribution in [3.05, 3.63) is 118 Å². The SMILES string of the molecule is CCc1ccccc1Nc1c(C)ccc2c1C1(OC2=O)c2ccccc2Oc2ccccc21. The number of rotatable bonds is 3. The maximum absolute atomic E-state index is 13.3. The van der Waals surface area contributed by atoms with Gasteiger partial charge in [0.25, 0.3) is 0 Å². The van der Waals surface area contributed by atoms with Gasteiger partial charge in [-0.1, -0.05) is 67.6 Å². The van der Waals surface area contributed by atoms with E-state index in [1.54, 1.807) is 0 Å². The molecule has 2 heterocycles. The second-order valence-electron chi connectivity index (χ2n) is 8.48. The molecule has 0 aromatic heterocycles. The molecule has 1 spiro atoms. The second kappa shape index (κ2) is 7.24. The predicted octanol–water partition coefficient (Wildman–Crippen LogP) is 6.87. The van der Waals surface area contributed by atoms with Crippen LogP contribution in [0.25, 0.3) is 0 Å². The first-order chi connectivity index (χ1) is 16.1. The lowest BCUT2D eigenvalue weighted by Crippen LogP contribution is -2.33. The smallest absolute Gasteiger partial charge is 0.340 e. The number of para-hydroxylation sites is 3. The van der Waals surface area contributed by atoms with Crippen molar-refractivity contribution in [2.75, 3.05) is 5.32 Å². The highest BCUT2D eigenvalue weighted by atomic mass is 16.6. The Morgan fingerprint density at radius 1 is 0.818 bits per heavy atom.